The maximum atomic E-state index is 6.01. The second kappa shape index (κ2) is 12.9. The highest BCUT2D eigenvalue weighted by Crippen LogP contribution is 2.22. The third-order valence-electron chi connectivity index (χ3n) is 4.12. The number of nitrogens with zero attached hydrogens (tertiary/aromatic N) is 2. The Bertz CT molecular complexity index is 560. The zero-order valence-corrected chi connectivity index (χ0v) is 17.2. The SMILES string of the molecule is C=C/C(CPCN(CC)CC)=C(\N=C/C)OCc1ccc(CC)cc1. The van der Waals surface area contributed by atoms with Crippen molar-refractivity contribution in [2.24, 2.45) is 4.99 Å². The summed E-state index contributed by atoms with van der Waals surface area (Å²) in [6, 6.07) is 8.57. The molecule has 4 heteroatoms. The zero-order chi connectivity index (χ0) is 18.5. The first-order valence-corrected chi connectivity index (χ1v) is 10.6. The van der Waals surface area contributed by atoms with Crippen molar-refractivity contribution in [1.82, 2.24) is 4.90 Å². The van der Waals surface area contributed by atoms with Crippen molar-refractivity contribution in [3.05, 3.63) is 59.5 Å². The Labute approximate surface area is 155 Å². The van der Waals surface area contributed by atoms with Crippen LogP contribution in [0.1, 0.15) is 38.8 Å². The topological polar surface area (TPSA) is 24.8 Å². The van der Waals surface area contributed by atoms with Crippen LogP contribution < -0.4 is 0 Å². The third-order valence-corrected chi connectivity index (χ3v) is 5.42. The van der Waals surface area contributed by atoms with Gasteiger partial charge in [0.05, 0.1) is 0 Å². The van der Waals surface area contributed by atoms with Gasteiger partial charge in [-0.05, 0) is 43.7 Å². The lowest BCUT2D eigenvalue weighted by molar-refractivity contribution is 0.194. The second-order valence-electron chi connectivity index (χ2n) is 5.77. The molecule has 0 radical (unpaired) electrons. The summed E-state index contributed by atoms with van der Waals surface area (Å²) in [7, 11) is 0.823. The van der Waals surface area contributed by atoms with Gasteiger partial charge in [-0.2, -0.15) is 0 Å². The number of hydrogen-bond acceptors (Lipinski definition) is 3. The molecule has 0 aliphatic carbocycles. The van der Waals surface area contributed by atoms with Crippen molar-refractivity contribution >= 4 is 14.8 Å². The molecule has 0 heterocycles. The summed E-state index contributed by atoms with van der Waals surface area (Å²) in [6.07, 6.45) is 6.80. The normalized spacial score (nSPS) is 13.0. The number of hydrogen-bond donors (Lipinski definition) is 0. The second-order valence-corrected chi connectivity index (χ2v) is 6.94. The first kappa shape index (κ1) is 21.6. The van der Waals surface area contributed by atoms with Gasteiger partial charge in [-0.3, -0.25) is 0 Å². The van der Waals surface area contributed by atoms with Crippen LogP contribution in [0.25, 0.3) is 0 Å². The van der Waals surface area contributed by atoms with Gasteiger partial charge in [0, 0.05) is 18.1 Å². The Hall–Kier alpha value is -1.44. The summed E-state index contributed by atoms with van der Waals surface area (Å²) in [5, 5.41) is 0. The average molecular weight is 360 g/mol. The van der Waals surface area contributed by atoms with Crippen LogP contribution in [0.15, 0.2) is 53.4 Å². The Morgan fingerprint density at radius 1 is 1.16 bits per heavy atom. The van der Waals surface area contributed by atoms with E-state index < -0.39 is 0 Å². The van der Waals surface area contributed by atoms with Gasteiger partial charge in [0.1, 0.15) is 6.61 Å². The summed E-state index contributed by atoms with van der Waals surface area (Å²) in [5.74, 6) is 0.698. The Morgan fingerprint density at radius 2 is 1.80 bits per heavy atom. The molecular formula is C21H33N2OP. The molecule has 0 amide bonds. The number of aryl methyl sites for hydroxylation is 1. The first-order valence-electron chi connectivity index (χ1n) is 9.16. The van der Waals surface area contributed by atoms with Crippen LogP contribution in [0, 0.1) is 0 Å². The van der Waals surface area contributed by atoms with Gasteiger partial charge in [0.25, 0.3) is 0 Å². The van der Waals surface area contributed by atoms with Crippen molar-refractivity contribution < 1.29 is 4.74 Å². The largest absolute Gasteiger partial charge is 0.473 e. The monoisotopic (exact) mass is 360 g/mol. The molecule has 1 unspecified atom stereocenters. The van der Waals surface area contributed by atoms with Crippen LogP contribution in [0.2, 0.25) is 0 Å². The molecule has 0 aliphatic rings. The molecule has 0 saturated heterocycles. The van der Waals surface area contributed by atoms with E-state index in [1.54, 1.807) is 6.21 Å². The first-order chi connectivity index (χ1) is 12.2. The predicted octanol–water partition coefficient (Wildman–Crippen LogP) is 5.23. The van der Waals surface area contributed by atoms with Crippen LogP contribution in [-0.2, 0) is 17.8 Å². The molecule has 0 saturated carbocycles. The summed E-state index contributed by atoms with van der Waals surface area (Å²) in [6.45, 7) is 15.2. The van der Waals surface area contributed by atoms with E-state index >= 15 is 0 Å². The maximum absolute atomic E-state index is 6.01. The molecule has 1 atom stereocenters. The van der Waals surface area contributed by atoms with Gasteiger partial charge in [0.15, 0.2) is 0 Å². The molecule has 138 valence electrons. The lowest BCUT2D eigenvalue weighted by Crippen LogP contribution is -2.21. The van der Waals surface area contributed by atoms with Crippen molar-refractivity contribution in [3.63, 3.8) is 0 Å². The van der Waals surface area contributed by atoms with Gasteiger partial charge in [-0.25, -0.2) is 4.99 Å². The van der Waals surface area contributed by atoms with Gasteiger partial charge >= 0.3 is 0 Å². The highest BCUT2D eigenvalue weighted by atomic mass is 31.1. The lowest BCUT2D eigenvalue weighted by Gasteiger charge is -2.18. The summed E-state index contributed by atoms with van der Waals surface area (Å²) < 4.78 is 6.01. The average Bonchev–Trinajstić information content (AvgIpc) is 2.66. The molecule has 1 aromatic carbocycles. The van der Waals surface area contributed by atoms with E-state index in [0.717, 1.165) is 51.7 Å². The molecule has 0 spiro atoms. The molecule has 0 aromatic heterocycles. The Kier molecular flexibility index (Phi) is 11.1. The van der Waals surface area contributed by atoms with Gasteiger partial charge in [0.2, 0.25) is 5.88 Å². The quantitative estimate of drug-likeness (QED) is 0.221. The number of aliphatic imine (C=N–C) groups is 1. The molecular weight excluding hydrogens is 327 g/mol. The minimum atomic E-state index is 0.535. The number of ether oxygens (including phenoxy) is 1. The van der Waals surface area contributed by atoms with E-state index in [1.165, 1.54) is 5.56 Å². The fourth-order valence-electron chi connectivity index (χ4n) is 2.38. The number of benzene rings is 1. The van der Waals surface area contributed by atoms with Crippen molar-refractivity contribution in [1.29, 1.82) is 0 Å². The van der Waals surface area contributed by atoms with E-state index in [9.17, 15) is 0 Å². The predicted molar refractivity (Wildman–Crippen MR) is 113 cm³/mol. The molecule has 1 rings (SSSR count). The summed E-state index contributed by atoms with van der Waals surface area (Å²) >= 11 is 0. The van der Waals surface area contributed by atoms with E-state index in [2.05, 4.69) is 61.5 Å². The molecule has 0 N–H and O–H groups in total. The van der Waals surface area contributed by atoms with Crippen LogP contribution >= 0.6 is 8.58 Å². The zero-order valence-electron chi connectivity index (χ0n) is 16.2. The Balaban J connectivity index is 2.71. The standard InChI is InChI=1S/C21H33N2OP/c1-6-18-11-13-19(14-12-18)15-24-21(22-8-3)20(7-2)16-25-17-23(9-4)10-5/h7-8,11-14,25H,2,6,9-10,15-17H2,1,3-5H3/b21-20-,22-8-. The van der Waals surface area contributed by atoms with E-state index in [0.29, 0.717) is 12.5 Å². The van der Waals surface area contributed by atoms with Crippen LogP contribution in [0.4, 0.5) is 0 Å². The summed E-state index contributed by atoms with van der Waals surface area (Å²) in [4.78, 5) is 6.88. The molecule has 1 aromatic rings. The molecule has 0 fully saturated rings. The fraction of sp³-hybridized carbons (Fsp3) is 0.476. The Morgan fingerprint density at radius 3 is 2.32 bits per heavy atom. The number of allylic oxidation sites excluding steroid dienone is 2. The molecule has 25 heavy (non-hydrogen) atoms. The van der Waals surface area contributed by atoms with Gasteiger partial charge in [-0.15, -0.1) is 8.58 Å². The molecule has 0 bridgehead atoms. The van der Waals surface area contributed by atoms with Crippen molar-refractivity contribution in [2.45, 2.75) is 40.7 Å². The number of rotatable bonds is 12. The smallest absolute Gasteiger partial charge is 0.216 e. The van der Waals surface area contributed by atoms with Crippen LogP contribution in [0.3, 0.4) is 0 Å². The lowest BCUT2D eigenvalue weighted by atomic mass is 10.1. The van der Waals surface area contributed by atoms with Crippen LogP contribution in [0.5, 0.6) is 0 Å². The highest BCUT2D eigenvalue weighted by molar-refractivity contribution is 7.38. The van der Waals surface area contributed by atoms with E-state index in [1.807, 2.05) is 13.0 Å². The van der Waals surface area contributed by atoms with Crippen molar-refractivity contribution in [3.8, 4) is 0 Å². The maximum Gasteiger partial charge on any atom is 0.216 e. The summed E-state index contributed by atoms with van der Waals surface area (Å²) in [5.41, 5.74) is 3.60. The minimum Gasteiger partial charge on any atom is -0.473 e. The third kappa shape index (κ3) is 7.98. The highest BCUT2D eigenvalue weighted by Gasteiger charge is 2.07. The van der Waals surface area contributed by atoms with E-state index in [4.69, 9.17) is 4.74 Å². The van der Waals surface area contributed by atoms with Crippen LogP contribution in [-0.4, -0.2) is 36.7 Å². The van der Waals surface area contributed by atoms with E-state index in [-0.39, 0.29) is 0 Å². The molecule has 3 nitrogen and oxygen atoms in total. The molecule has 0 aliphatic heterocycles. The van der Waals surface area contributed by atoms with Crippen molar-refractivity contribution in [2.75, 3.05) is 25.5 Å². The fourth-order valence-corrected chi connectivity index (χ4v) is 3.82. The minimum absolute atomic E-state index is 0.535. The van der Waals surface area contributed by atoms with Gasteiger partial charge < -0.3 is 9.64 Å². The van der Waals surface area contributed by atoms with Gasteiger partial charge in [-0.1, -0.05) is 57.7 Å².